The highest BCUT2D eigenvalue weighted by Gasteiger charge is 2.35. The highest BCUT2D eigenvalue weighted by molar-refractivity contribution is 5.76. The van der Waals surface area contributed by atoms with Crippen LogP contribution in [0.3, 0.4) is 0 Å². The smallest absolute Gasteiger partial charge is 0.416 e. The molecule has 4 aromatic rings. The van der Waals surface area contributed by atoms with Gasteiger partial charge in [-0.25, -0.2) is 13.6 Å². The quantitative estimate of drug-likeness (QED) is 0.120. The van der Waals surface area contributed by atoms with Crippen LogP contribution >= 0.6 is 0 Å². The molecule has 0 radical (unpaired) electrons. The Morgan fingerprint density at radius 2 is 1.67 bits per heavy atom. The summed E-state index contributed by atoms with van der Waals surface area (Å²) in [6.45, 7) is 0.108. The van der Waals surface area contributed by atoms with Crippen molar-refractivity contribution in [3.05, 3.63) is 126 Å². The molecule has 1 aromatic heterocycles. The Bertz CT molecular complexity index is 1860. The summed E-state index contributed by atoms with van der Waals surface area (Å²) in [4.78, 5) is 49.8. The number of rotatable bonds is 12. The molecule has 46 heavy (non-hydrogen) atoms. The molecule has 242 valence electrons. The van der Waals surface area contributed by atoms with Crippen LogP contribution in [-0.2, 0) is 24.1 Å². The number of methoxy groups -OCH3 is 1. The molecule has 1 heterocycles. The molecule has 0 aliphatic rings. The first-order valence-corrected chi connectivity index (χ1v) is 14.0. The van der Waals surface area contributed by atoms with Gasteiger partial charge in [0.25, 0.3) is 11.5 Å². The number of nitroso groups, excluding NO2 is 1. The van der Waals surface area contributed by atoms with Crippen LogP contribution in [0.4, 0.5) is 22.0 Å². The maximum Gasteiger partial charge on any atom is 0.416 e. The van der Waals surface area contributed by atoms with Crippen LogP contribution in [0.2, 0.25) is 0 Å². The van der Waals surface area contributed by atoms with Gasteiger partial charge in [-0.15, -0.1) is 4.91 Å². The Morgan fingerprint density at radius 1 is 0.978 bits per heavy atom. The predicted molar refractivity (Wildman–Crippen MR) is 159 cm³/mol. The number of hydrogen-bond donors (Lipinski definition) is 1. The topological polar surface area (TPSA) is 112 Å². The Balaban J connectivity index is 1.93. The molecule has 4 rings (SSSR count). The molecular weight excluding hydrogens is 615 g/mol. The summed E-state index contributed by atoms with van der Waals surface area (Å²) < 4.78 is 78.9. The number of amides is 1. The van der Waals surface area contributed by atoms with E-state index in [0.29, 0.717) is 11.6 Å². The molecule has 0 spiro atoms. The molecule has 9 nitrogen and oxygen atoms in total. The van der Waals surface area contributed by atoms with Crippen molar-refractivity contribution < 1.29 is 31.5 Å². The molecule has 1 amide bonds. The van der Waals surface area contributed by atoms with E-state index in [1.807, 2.05) is 0 Å². The number of alkyl halides is 3. The van der Waals surface area contributed by atoms with E-state index in [9.17, 15) is 36.9 Å². The van der Waals surface area contributed by atoms with Gasteiger partial charge in [-0.3, -0.25) is 18.7 Å². The molecule has 0 saturated carbocycles. The first-order valence-electron chi connectivity index (χ1n) is 14.0. The van der Waals surface area contributed by atoms with Gasteiger partial charge in [0.15, 0.2) is 11.6 Å². The van der Waals surface area contributed by atoms with E-state index in [-0.39, 0.29) is 48.5 Å². The van der Waals surface area contributed by atoms with Crippen molar-refractivity contribution in [1.82, 2.24) is 14.5 Å². The number of halogens is 5. The number of aromatic nitrogens is 2. The largest absolute Gasteiger partial charge is 0.494 e. The van der Waals surface area contributed by atoms with Crippen molar-refractivity contribution in [2.24, 2.45) is 5.18 Å². The molecule has 0 saturated heterocycles. The van der Waals surface area contributed by atoms with Crippen LogP contribution in [0.5, 0.6) is 5.75 Å². The number of nitrogens with one attached hydrogen (secondary N) is 1. The fraction of sp³-hybridized carbons (Fsp3) is 0.281. The number of nitrogens with zero attached hydrogens (tertiary/aromatic N) is 3. The average Bonchev–Trinajstić information content (AvgIpc) is 3.03. The maximum atomic E-state index is 15.6. The van der Waals surface area contributed by atoms with Gasteiger partial charge in [-0.1, -0.05) is 48.5 Å². The second-order valence-corrected chi connectivity index (χ2v) is 10.3. The lowest BCUT2D eigenvalue weighted by Crippen LogP contribution is -2.45. The molecule has 3 aromatic carbocycles. The summed E-state index contributed by atoms with van der Waals surface area (Å²) in [6.07, 6.45) is -4.93. The molecule has 0 unspecified atom stereocenters. The van der Waals surface area contributed by atoms with Crippen LogP contribution < -0.4 is 21.3 Å². The SMILES string of the molecule is COc1cccc(-c2c(C)n(Cc3c(F)cccc3C(F)(F)F)c(=O)n(C[C@H](NCCCC(=O)N=O)c3ccccc3)c2=O)c1F. The van der Waals surface area contributed by atoms with Crippen LogP contribution in [0, 0.1) is 23.5 Å². The summed E-state index contributed by atoms with van der Waals surface area (Å²) in [5, 5.41) is 5.47. The standard InChI is InChI=1S/C32H29F5N4O5/c1-19-28(21-11-6-14-26(46-2)29(21)34)30(43)41(18-25(20-9-4-3-5-10-20)38-16-8-15-27(42)39-45)31(44)40(19)17-22-23(32(35,36)37)12-7-13-24(22)33/h3-7,9-14,25,38H,8,15-18H2,1-2H3/t25-/m0/s1. The summed E-state index contributed by atoms with van der Waals surface area (Å²) in [5.74, 6) is -3.25. The molecule has 0 fully saturated rings. The molecule has 14 heteroatoms. The van der Waals surface area contributed by atoms with Gasteiger partial charge < -0.3 is 10.1 Å². The molecule has 1 atom stereocenters. The third kappa shape index (κ3) is 7.28. The maximum absolute atomic E-state index is 15.6. The number of benzene rings is 3. The first kappa shape index (κ1) is 33.9. The van der Waals surface area contributed by atoms with Gasteiger partial charge in [0, 0.05) is 28.4 Å². The van der Waals surface area contributed by atoms with Gasteiger partial charge in [0.1, 0.15) is 5.82 Å². The zero-order chi connectivity index (χ0) is 33.6. The Labute approximate surface area is 259 Å². The van der Waals surface area contributed by atoms with Gasteiger partial charge in [0.2, 0.25) is 0 Å². The highest BCUT2D eigenvalue weighted by Crippen LogP contribution is 2.34. The molecular formula is C32H29F5N4O5. The van der Waals surface area contributed by atoms with Crippen molar-refractivity contribution in [3.8, 4) is 16.9 Å². The summed E-state index contributed by atoms with van der Waals surface area (Å²) >= 11 is 0. The first-order chi connectivity index (χ1) is 21.9. The third-order valence-corrected chi connectivity index (χ3v) is 7.51. The zero-order valence-electron chi connectivity index (χ0n) is 24.7. The second-order valence-electron chi connectivity index (χ2n) is 10.3. The zero-order valence-corrected chi connectivity index (χ0v) is 24.7. The minimum atomic E-state index is -4.96. The van der Waals surface area contributed by atoms with Crippen LogP contribution in [0.1, 0.15) is 41.3 Å². The third-order valence-electron chi connectivity index (χ3n) is 7.51. The average molecular weight is 645 g/mol. The molecule has 0 aliphatic carbocycles. The minimum Gasteiger partial charge on any atom is -0.494 e. The number of carbonyl (C=O) groups is 1. The van der Waals surface area contributed by atoms with E-state index < -0.39 is 58.7 Å². The van der Waals surface area contributed by atoms with Crippen LogP contribution in [0.25, 0.3) is 11.1 Å². The van der Waals surface area contributed by atoms with E-state index in [4.69, 9.17) is 4.74 Å². The number of hydrogen-bond acceptors (Lipinski definition) is 6. The van der Waals surface area contributed by atoms with Crippen molar-refractivity contribution in [1.29, 1.82) is 0 Å². The van der Waals surface area contributed by atoms with Gasteiger partial charge in [-0.05, 0) is 43.7 Å². The van der Waals surface area contributed by atoms with E-state index >= 15 is 4.39 Å². The van der Waals surface area contributed by atoms with Gasteiger partial charge in [0.05, 0.1) is 37.4 Å². The van der Waals surface area contributed by atoms with Crippen molar-refractivity contribution >= 4 is 5.91 Å². The van der Waals surface area contributed by atoms with E-state index in [1.165, 1.54) is 32.2 Å². The Morgan fingerprint density at radius 3 is 2.33 bits per heavy atom. The van der Waals surface area contributed by atoms with Crippen LogP contribution in [0.15, 0.2) is 81.5 Å². The predicted octanol–water partition coefficient (Wildman–Crippen LogP) is 5.74. The Kier molecular flexibility index (Phi) is 10.6. The summed E-state index contributed by atoms with van der Waals surface area (Å²) in [5.41, 5.74) is -4.37. The molecule has 0 bridgehead atoms. The minimum absolute atomic E-state index is 0.150. The van der Waals surface area contributed by atoms with Crippen molar-refractivity contribution in [2.75, 3.05) is 13.7 Å². The van der Waals surface area contributed by atoms with E-state index in [2.05, 4.69) is 10.5 Å². The number of carbonyl (C=O) groups excluding carboxylic acids is 1. The summed E-state index contributed by atoms with van der Waals surface area (Å²) in [6, 6.07) is 14.1. The van der Waals surface area contributed by atoms with Crippen LogP contribution in [-0.4, -0.2) is 28.7 Å². The lowest BCUT2D eigenvalue weighted by molar-refractivity contribution is -0.138. The van der Waals surface area contributed by atoms with Gasteiger partial charge in [-0.2, -0.15) is 13.2 Å². The number of ether oxygens (including phenoxy) is 1. The van der Waals surface area contributed by atoms with Crippen molar-refractivity contribution in [3.63, 3.8) is 0 Å². The summed E-state index contributed by atoms with van der Waals surface area (Å²) in [7, 11) is 1.21. The van der Waals surface area contributed by atoms with Crippen molar-refractivity contribution in [2.45, 2.75) is 45.1 Å². The second kappa shape index (κ2) is 14.4. The fourth-order valence-corrected chi connectivity index (χ4v) is 5.18. The van der Waals surface area contributed by atoms with Gasteiger partial charge >= 0.3 is 11.9 Å². The van der Waals surface area contributed by atoms with E-state index in [0.717, 1.165) is 21.3 Å². The Hall–Kier alpha value is -4.98. The fourth-order valence-electron chi connectivity index (χ4n) is 5.18. The normalized spacial score (nSPS) is 12.2. The monoisotopic (exact) mass is 644 g/mol. The van der Waals surface area contributed by atoms with E-state index in [1.54, 1.807) is 30.3 Å². The lowest BCUT2D eigenvalue weighted by atomic mass is 10.0. The lowest BCUT2D eigenvalue weighted by Gasteiger charge is -2.23. The highest BCUT2D eigenvalue weighted by atomic mass is 19.4. The molecule has 0 aliphatic heterocycles. The molecule has 1 N–H and O–H groups in total.